The van der Waals surface area contributed by atoms with Crippen molar-refractivity contribution in [2.24, 2.45) is 0 Å². The lowest BCUT2D eigenvalue weighted by molar-refractivity contribution is 0.230. The Morgan fingerprint density at radius 1 is 1.53 bits per heavy atom. The highest BCUT2D eigenvalue weighted by Gasteiger charge is 2.22. The van der Waals surface area contributed by atoms with E-state index in [0.717, 1.165) is 32.4 Å². The Hall–Kier alpha value is -0.770. The largest absolute Gasteiger partial charge is 0.337 e. The summed E-state index contributed by atoms with van der Waals surface area (Å²) < 4.78 is 0. The first-order valence-corrected chi connectivity index (χ1v) is 5.88. The van der Waals surface area contributed by atoms with E-state index in [1.807, 2.05) is 0 Å². The second kappa shape index (κ2) is 5.95. The van der Waals surface area contributed by atoms with E-state index in [1.54, 1.807) is 0 Å². The number of hydrogen-bond donors (Lipinski definition) is 2. The first-order chi connectivity index (χ1) is 7.13. The third-order valence-corrected chi connectivity index (χ3v) is 3.01. The standard InChI is InChI=1S/C11H23N3O/c1-4-9(2)14(3)8-7-12-11(15)13-10-5-6-10/h9-10H,4-8H2,1-3H3,(H2,12,13,15). The Morgan fingerprint density at radius 3 is 2.73 bits per heavy atom. The fourth-order valence-electron chi connectivity index (χ4n) is 1.34. The lowest BCUT2D eigenvalue weighted by atomic mass is 10.2. The molecule has 0 spiro atoms. The third kappa shape index (κ3) is 5.02. The molecule has 4 heteroatoms. The average molecular weight is 213 g/mol. The van der Waals surface area contributed by atoms with Gasteiger partial charge in [0.25, 0.3) is 0 Å². The third-order valence-electron chi connectivity index (χ3n) is 3.01. The number of likely N-dealkylation sites (N-methyl/N-ethyl adjacent to an activating group) is 1. The lowest BCUT2D eigenvalue weighted by Crippen LogP contribution is -2.42. The molecule has 0 heterocycles. The molecule has 0 aliphatic heterocycles. The molecule has 1 atom stereocenters. The molecule has 1 unspecified atom stereocenters. The quantitative estimate of drug-likeness (QED) is 0.696. The molecule has 4 nitrogen and oxygen atoms in total. The van der Waals surface area contributed by atoms with Crippen LogP contribution in [0.1, 0.15) is 33.1 Å². The number of nitrogens with zero attached hydrogens (tertiary/aromatic N) is 1. The maximum Gasteiger partial charge on any atom is 0.315 e. The Labute approximate surface area is 92.4 Å². The highest BCUT2D eigenvalue weighted by atomic mass is 16.2. The van der Waals surface area contributed by atoms with E-state index in [0.29, 0.717) is 12.1 Å². The predicted molar refractivity (Wildman–Crippen MR) is 61.9 cm³/mol. The Balaban J connectivity index is 2.01. The van der Waals surface area contributed by atoms with Crippen molar-refractivity contribution in [1.29, 1.82) is 0 Å². The van der Waals surface area contributed by atoms with Crippen molar-refractivity contribution in [3.8, 4) is 0 Å². The summed E-state index contributed by atoms with van der Waals surface area (Å²) in [6, 6.07) is 1.01. The second-order valence-corrected chi connectivity index (χ2v) is 4.41. The molecular formula is C11H23N3O. The molecule has 0 aromatic carbocycles. The van der Waals surface area contributed by atoms with Crippen molar-refractivity contribution < 1.29 is 4.79 Å². The molecule has 0 bridgehead atoms. The van der Waals surface area contributed by atoms with Crippen LogP contribution in [0.25, 0.3) is 0 Å². The zero-order valence-corrected chi connectivity index (χ0v) is 10.0. The Morgan fingerprint density at radius 2 is 2.20 bits per heavy atom. The average Bonchev–Trinajstić information content (AvgIpc) is 3.00. The number of hydrogen-bond acceptors (Lipinski definition) is 2. The predicted octanol–water partition coefficient (Wildman–Crippen LogP) is 1.18. The van der Waals surface area contributed by atoms with Gasteiger partial charge in [0.1, 0.15) is 0 Å². The summed E-state index contributed by atoms with van der Waals surface area (Å²) in [6.45, 7) is 6.01. The van der Waals surface area contributed by atoms with Crippen LogP contribution >= 0.6 is 0 Å². The van der Waals surface area contributed by atoms with Crippen LogP contribution in [-0.4, -0.2) is 43.2 Å². The van der Waals surface area contributed by atoms with E-state index in [1.165, 1.54) is 0 Å². The summed E-state index contributed by atoms with van der Waals surface area (Å²) in [5, 5.41) is 5.77. The minimum atomic E-state index is -0.0185. The van der Waals surface area contributed by atoms with Gasteiger partial charge in [-0.15, -0.1) is 0 Å². The molecule has 0 aromatic rings. The molecule has 1 saturated carbocycles. The lowest BCUT2D eigenvalue weighted by Gasteiger charge is -2.23. The molecule has 0 radical (unpaired) electrons. The smallest absolute Gasteiger partial charge is 0.315 e. The van der Waals surface area contributed by atoms with Crippen molar-refractivity contribution in [3.63, 3.8) is 0 Å². The number of nitrogens with one attached hydrogen (secondary N) is 2. The molecule has 1 rings (SSSR count). The molecule has 0 saturated heterocycles. The normalized spacial score (nSPS) is 17.6. The summed E-state index contributed by atoms with van der Waals surface area (Å²) in [7, 11) is 2.09. The molecule has 0 aromatic heterocycles. The van der Waals surface area contributed by atoms with E-state index < -0.39 is 0 Å². The number of rotatable bonds is 6. The minimum Gasteiger partial charge on any atom is -0.337 e. The van der Waals surface area contributed by atoms with Crippen LogP contribution in [0.3, 0.4) is 0 Å². The van der Waals surface area contributed by atoms with E-state index in [-0.39, 0.29) is 6.03 Å². The maximum atomic E-state index is 11.3. The molecular weight excluding hydrogens is 190 g/mol. The van der Waals surface area contributed by atoms with Crippen LogP contribution in [0.2, 0.25) is 0 Å². The van der Waals surface area contributed by atoms with Crippen molar-refractivity contribution in [2.75, 3.05) is 20.1 Å². The van der Waals surface area contributed by atoms with Crippen LogP contribution in [0.5, 0.6) is 0 Å². The van der Waals surface area contributed by atoms with E-state index in [9.17, 15) is 4.79 Å². The number of amides is 2. The zero-order chi connectivity index (χ0) is 11.3. The van der Waals surface area contributed by atoms with Gasteiger partial charge >= 0.3 is 6.03 Å². The van der Waals surface area contributed by atoms with Gasteiger partial charge in [-0.25, -0.2) is 4.79 Å². The summed E-state index contributed by atoms with van der Waals surface area (Å²) in [5.41, 5.74) is 0. The molecule has 2 amide bonds. The summed E-state index contributed by atoms with van der Waals surface area (Å²) in [4.78, 5) is 13.5. The van der Waals surface area contributed by atoms with Gasteiger partial charge in [-0.1, -0.05) is 6.92 Å². The van der Waals surface area contributed by atoms with Crippen LogP contribution in [0.4, 0.5) is 4.79 Å². The molecule has 1 fully saturated rings. The van der Waals surface area contributed by atoms with Crippen molar-refractivity contribution >= 4 is 6.03 Å². The van der Waals surface area contributed by atoms with E-state index in [2.05, 4.69) is 36.4 Å². The van der Waals surface area contributed by atoms with Crippen LogP contribution in [-0.2, 0) is 0 Å². The summed E-state index contributed by atoms with van der Waals surface area (Å²) in [5.74, 6) is 0. The number of carbonyl (C=O) groups excluding carboxylic acids is 1. The molecule has 1 aliphatic carbocycles. The van der Waals surface area contributed by atoms with Gasteiger partial charge in [0.2, 0.25) is 0 Å². The SMILES string of the molecule is CCC(C)N(C)CCNC(=O)NC1CC1. The van der Waals surface area contributed by atoms with Gasteiger partial charge in [0, 0.05) is 25.2 Å². The first kappa shape index (κ1) is 12.3. The van der Waals surface area contributed by atoms with Gasteiger partial charge in [-0.2, -0.15) is 0 Å². The van der Waals surface area contributed by atoms with E-state index in [4.69, 9.17) is 0 Å². The Kier molecular flexibility index (Phi) is 4.88. The van der Waals surface area contributed by atoms with E-state index >= 15 is 0 Å². The number of urea groups is 1. The molecule has 2 N–H and O–H groups in total. The Bertz CT molecular complexity index is 204. The van der Waals surface area contributed by atoms with Crippen LogP contribution < -0.4 is 10.6 Å². The van der Waals surface area contributed by atoms with Gasteiger partial charge in [0.05, 0.1) is 0 Å². The second-order valence-electron chi connectivity index (χ2n) is 4.41. The van der Waals surface area contributed by atoms with Crippen molar-refractivity contribution in [3.05, 3.63) is 0 Å². The van der Waals surface area contributed by atoms with Crippen LogP contribution in [0, 0.1) is 0 Å². The highest BCUT2D eigenvalue weighted by molar-refractivity contribution is 5.74. The topological polar surface area (TPSA) is 44.4 Å². The molecule has 1 aliphatic rings. The van der Waals surface area contributed by atoms with Crippen molar-refractivity contribution in [2.45, 2.75) is 45.2 Å². The molecule has 88 valence electrons. The van der Waals surface area contributed by atoms with Crippen LogP contribution in [0.15, 0.2) is 0 Å². The monoisotopic (exact) mass is 213 g/mol. The van der Waals surface area contributed by atoms with Gasteiger partial charge in [-0.05, 0) is 33.2 Å². The first-order valence-electron chi connectivity index (χ1n) is 5.88. The fraction of sp³-hybridized carbons (Fsp3) is 0.909. The molecule has 15 heavy (non-hydrogen) atoms. The highest BCUT2D eigenvalue weighted by Crippen LogP contribution is 2.18. The van der Waals surface area contributed by atoms with Gasteiger partial charge in [0.15, 0.2) is 0 Å². The van der Waals surface area contributed by atoms with Crippen molar-refractivity contribution in [1.82, 2.24) is 15.5 Å². The minimum absolute atomic E-state index is 0.0185. The fourth-order valence-corrected chi connectivity index (χ4v) is 1.34. The van der Waals surface area contributed by atoms with Gasteiger partial charge in [-0.3, -0.25) is 0 Å². The summed E-state index contributed by atoms with van der Waals surface area (Å²) >= 11 is 0. The zero-order valence-electron chi connectivity index (χ0n) is 10.0. The summed E-state index contributed by atoms with van der Waals surface area (Å²) in [6.07, 6.45) is 3.42. The number of carbonyl (C=O) groups is 1. The maximum absolute atomic E-state index is 11.3. The van der Waals surface area contributed by atoms with Gasteiger partial charge < -0.3 is 15.5 Å².